The van der Waals surface area contributed by atoms with Gasteiger partial charge in [-0.25, -0.2) is 23.6 Å². The molecule has 2 aliphatic heterocycles. The first-order chi connectivity index (χ1) is 14.0. The molecule has 1 aromatic heterocycles. The molecule has 0 N–H and O–H groups in total. The number of halogens is 2. The molecule has 0 spiro atoms. The highest BCUT2D eigenvalue weighted by atomic mass is 19.1. The maximum Gasteiger partial charge on any atom is 0.341 e. The van der Waals surface area contributed by atoms with Gasteiger partial charge in [0.2, 0.25) is 0 Å². The van der Waals surface area contributed by atoms with E-state index in [-0.39, 0.29) is 23.9 Å². The van der Waals surface area contributed by atoms with Gasteiger partial charge in [0.25, 0.3) is 0 Å². The summed E-state index contributed by atoms with van der Waals surface area (Å²) in [6.45, 7) is 2.18. The average molecular weight is 397 g/mol. The SMILES string of the molecule is C[C@H]1[C@@H](Oc2ccnc(C#N)c2)CN1C(=O)N1N=CC[C@H]1c1cc(F)cc(F)c1. The Balaban J connectivity index is 1.43. The van der Waals surface area contributed by atoms with Gasteiger partial charge >= 0.3 is 6.03 Å². The van der Waals surface area contributed by atoms with E-state index in [0.29, 0.717) is 24.3 Å². The third-order valence-corrected chi connectivity index (χ3v) is 5.08. The molecule has 1 aromatic carbocycles. The number of hydrazone groups is 1. The minimum Gasteiger partial charge on any atom is -0.486 e. The van der Waals surface area contributed by atoms with Crippen molar-refractivity contribution in [3.05, 3.63) is 59.4 Å². The quantitative estimate of drug-likeness (QED) is 0.796. The molecule has 7 nitrogen and oxygen atoms in total. The number of carbonyl (C=O) groups is 1. The molecular formula is C20H17F2N5O2. The number of hydrogen-bond donors (Lipinski definition) is 0. The number of benzene rings is 1. The van der Waals surface area contributed by atoms with Crippen LogP contribution in [0, 0.1) is 23.0 Å². The monoisotopic (exact) mass is 397 g/mol. The summed E-state index contributed by atoms with van der Waals surface area (Å²) in [5.41, 5.74) is 0.606. The van der Waals surface area contributed by atoms with Gasteiger partial charge in [-0.3, -0.25) is 0 Å². The van der Waals surface area contributed by atoms with Gasteiger partial charge in [0.15, 0.2) is 0 Å². The largest absolute Gasteiger partial charge is 0.486 e. The number of pyridine rings is 1. The van der Waals surface area contributed by atoms with E-state index in [4.69, 9.17) is 10.00 Å². The Morgan fingerprint density at radius 2 is 2.03 bits per heavy atom. The standard InChI is InChI=1S/C20H17F2N5O2/c1-12-19(29-17-2-4-24-16(9-17)10-23)11-26(12)20(28)27-18(3-5-25-27)13-6-14(21)8-15(22)7-13/h2,4-9,12,18-19H,3,11H2,1H3/t12-,18-,19-/m0/s1. The molecule has 2 aromatic rings. The Morgan fingerprint density at radius 1 is 1.28 bits per heavy atom. The zero-order valence-corrected chi connectivity index (χ0v) is 15.5. The van der Waals surface area contributed by atoms with Crippen molar-refractivity contribution in [1.82, 2.24) is 14.9 Å². The van der Waals surface area contributed by atoms with Gasteiger partial charge in [0.1, 0.15) is 35.3 Å². The normalized spacial score (nSPS) is 22.9. The Hall–Kier alpha value is -3.54. The maximum absolute atomic E-state index is 13.6. The van der Waals surface area contributed by atoms with Gasteiger partial charge in [-0.1, -0.05) is 0 Å². The van der Waals surface area contributed by atoms with E-state index in [0.717, 1.165) is 6.07 Å². The van der Waals surface area contributed by atoms with Gasteiger partial charge < -0.3 is 9.64 Å². The van der Waals surface area contributed by atoms with Crippen molar-refractivity contribution in [2.45, 2.75) is 31.5 Å². The van der Waals surface area contributed by atoms with Crippen LogP contribution >= 0.6 is 0 Å². The number of urea groups is 1. The molecule has 0 bridgehead atoms. The van der Waals surface area contributed by atoms with Crippen molar-refractivity contribution in [3.63, 3.8) is 0 Å². The number of carbonyl (C=O) groups excluding carboxylic acids is 1. The van der Waals surface area contributed by atoms with E-state index in [1.54, 1.807) is 17.2 Å². The molecule has 2 aliphatic rings. The fourth-order valence-electron chi connectivity index (χ4n) is 3.46. The van der Waals surface area contributed by atoms with E-state index in [2.05, 4.69) is 10.1 Å². The van der Waals surface area contributed by atoms with E-state index in [1.165, 1.54) is 29.4 Å². The first-order valence-corrected chi connectivity index (χ1v) is 9.07. The van der Waals surface area contributed by atoms with Crippen LogP contribution in [0.2, 0.25) is 0 Å². The lowest BCUT2D eigenvalue weighted by Gasteiger charge is -2.46. The Bertz CT molecular complexity index is 1000. The summed E-state index contributed by atoms with van der Waals surface area (Å²) in [6, 6.07) is 7.21. The summed E-state index contributed by atoms with van der Waals surface area (Å²) in [4.78, 5) is 18.4. The number of hydrogen-bond acceptors (Lipinski definition) is 5. The molecule has 29 heavy (non-hydrogen) atoms. The molecule has 1 saturated heterocycles. The molecule has 0 unspecified atom stereocenters. The first kappa shape index (κ1) is 18.8. The predicted octanol–water partition coefficient (Wildman–Crippen LogP) is 3.24. The molecule has 2 amide bonds. The van der Waals surface area contributed by atoms with Crippen LogP contribution in [-0.4, -0.2) is 45.8 Å². The van der Waals surface area contributed by atoms with E-state index < -0.39 is 17.7 Å². The fraction of sp³-hybridized carbons (Fsp3) is 0.300. The van der Waals surface area contributed by atoms with Crippen molar-refractivity contribution < 1.29 is 18.3 Å². The number of aromatic nitrogens is 1. The molecule has 9 heteroatoms. The van der Waals surface area contributed by atoms with Crippen LogP contribution in [0.4, 0.5) is 13.6 Å². The van der Waals surface area contributed by atoms with E-state index in [9.17, 15) is 13.6 Å². The van der Waals surface area contributed by atoms with E-state index in [1.807, 2.05) is 13.0 Å². The lowest BCUT2D eigenvalue weighted by molar-refractivity contribution is -0.0197. The van der Waals surface area contributed by atoms with Gasteiger partial charge in [0, 0.05) is 31.0 Å². The Labute approximate surface area is 165 Å². The van der Waals surface area contributed by atoms with Crippen LogP contribution in [0.25, 0.3) is 0 Å². The number of rotatable bonds is 3. The number of likely N-dealkylation sites (tertiary alicyclic amines) is 1. The van der Waals surface area contributed by atoms with Crippen LogP contribution in [0.1, 0.15) is 30.6 Å². The van der Waals surface area contributed by atoms with Crippen LogP contribution in [-0.2, 0) is 0 Å². The third kappa shape index (κ3) is 3.61. The molecule has 3 heterocycles. The number of nitrogens with zero attached hydrogens (tertiary/aromatic N) is 5. The number of ether oxygens (including phenoxy) is 1. The number of nitriles is 1. The summed E-state index contributed by atoms with van der Waals surface area (Å²) >= 11 is 0. The van der Waals surface area contributed by atoms with Crippen LogP contribution < -0.4 is 4.74 Å². The molecule has 0 saturated carbocycles. The zero-order chi connectivity index (χ0) is 20.5. The smallest absolute Gasteiger partial charge is 0.341 e. The summed E-state index contributed by atoms with van der Waals surface area (Å²) in [6.07, 6.45) is 3.18. The summed E-state index contributed by atoms with van der Waals surface area (Å²) in [5, 5.41) is 14.3. The molecule has 3 atom stereocenters. The van der Waals surface area contributed by atoms with Gasteiger partial charge in [-0.2, -0.15) is 10.4 Å². The lowest BCUT2D eigenvalue weighted by Crippen LogP contribution is -2.64. The highest BCUT2D eigenvalue weighted by Gasteiger charge is 2.44. The van der Waals surface area contributed by atoms with E-state index >= 15 is 0 Å². The minimum atomic E-state index is -0.695. The van der Waals surface area contributed by atoms with Crippen molar-refractivity contribution in [1.29, 1.82) is 5.26 Å². The highest BCUT2D eigenvalue weighted by molar-refractivity contribution is 5.79. The van der Waals surface area contributed by atoms with Crippen molar-refractivity contribution in [3.8, 4) is 11.8 Å². The maximum atomic E-state index is 13.6. The second-order valence-corrected chi connectivity index (χ2v) is 6.92. The molecule has 148 valence electrons. The second-order valence-electron chi connectivity index (χ2n) is 6.92. The second kappa shape index (κ2) is 7.47. The lowest BCUT2D eigenvalue weighted by atomic mass is 10.0. The van der Waals surface area contributed by atoms with Crippen molar-refractivity contribution >= 4 is 12.2 Å². The third-order valence-electron chi connectivity index (χ3n) is 5.08. The number of amides is 2. The average Bonchev–Trinajstić information content (AvgIpc) is 3.19. The first-order valence-electron chi connectivity index (χ1n) is 9.07. The van der Waals surface area contributed by atoms with Crippen molar-refractivity contribution in [2.75, 3.05) is 6.54 Å². The van der Waals surface area contributed by atoms with Crippen LogP contribution in [0.15, 0.2) is 41.6 Å². The highest BCUT2D eigenvalue weighted by Crippen LogP contribution is 2.33. The molecule has 1 fully saturated rings. The molecule has 4 rings (SSSR count). The summed E-state index contributed by atoms with van der Waals surface area (Å²) < 4.78 is 33.0. The molecule has 0 radical (unpaired) electrons. The van der Waals surface area contributed by atoms with Crippen LogP contribution in [0.5, 0.6) is 5.75 Å². The summed E-state index contributed by atoms with van der Waals surface area (Å²) in [5.74, 6) is -0.883. The van der Waals surface area contributed by atoms with Crippen molar-refractivity contribution in [2.24, 2.45) is 5.10 Å². The fourth-order valence-corrected chi connectivity index (χ4v) is 3.46. The molecular weight excluding hydrogens is 380 g/mol. The minimum absolute atomic E-state index is 0.234. The summed E-state index contributed by atoms with van der Waals surface area (Å²) in [7, 11) is 0. The van der Waals surface area contributed by atoms with Gasteiger partial charge in [0.05, 0.1) is 18.6 Å². The zero-order valence-electron chi connectivity index (χ0n) is 15.5. The van der Waals surface area contributed by atoms with Gasteiger partial charge in [-0.05, 0) is 30.7 Å². The van der Waals surface area contributed by atoms with Gasteiger partial charge in [-0.15, -0.1) is 0 Å². The topological polar surface area (TPSA) is 81.8 Å². The Kier molecular flexibility index (Phi) is 4.84. The molecule has 0 aliphatic carbocycles. The van der Waals surface area contributed by atoms with Crippen LogP contribution in [0.3, 0.4) is 0 Å². The Morgan fingerprint density at radius 3 is 2.72 bits per heavy atom. The predicted molar refractivity (Wildman–Crippen MR) is 99.0 cm³/mol.